The number of anilines is 3. The predicted octanol–water partition coefficient (Wildman–Crippen LogP) is 2.24. The molecule has 1 aromatic carbocycles. The van der Waals surface area contributed by atoms with Gasteiger partial charge in [0.15, 0.2) is 5.65 Å². The summed E-state index contributed by atoms with van der Waals surface area (Å²) < 4.78 is 12.3. The molecule has 0 saturated carbocycles. The number of primary amides is 1. The molecule has 12 nitrogen and oxygen atoms in total. The second-order valence-electron chi connectivity index (χ2n) is 10.5. The van der Waals surface area contributed by atoms with Crippen LogP contribution in [-0.4, -0.2) is 76.5 Å². The van der Waals surface area contributed by atoms with E-state index in [-0.39, 0.29) is 47.3 Å². The van der Waals surface area contributed by atoms with Crippen molar-refractivity contribution in [2.75, 3.05) is 51.5 Å². The van der Waals surface area contributed by atoms with E-state index in [1.54, 1.807) is 28.1 Å². The zero-order chi connectivity index (χ0) is 28.3. The molecule has 40 heavy (non-hydrogen) atoms. The van der Waals surface area contributed by atoms with E-state index in [2.05, 4.69) is 26.3 Å². The number of carbonyl (C=O) groups is 1. The Labute approximate surface area is 239 Å². The minimum absolute atomic E-state index is 0. The number of aromatic nitrogens is 3. The Morgan fingerprint density at radius 2 is 1.95 bits per heavy atom. The lowest BCUT2D eigenvalue weighted by molar-refractivity contribution is 0.0629. The largest absolute Gasteiger partial charge is 0.495 e. The number of nitrogens with zero attached hydrogens (tertiary/aromatic N) is 4. The topological polar surface area (TPSA) is 171 Å². The van der Waals surface area contributed by atoms with E-state index in [1.807, 2.05) is 12.1 Å². The van der Waals surface area contributed by atoms with Crippen LogP contribution < -0.4 is 26.9 Å². The van der Waals surface area contributed by atoms with E-state index in [1.165, 1.54) is 16.3 Å². The van der Waals surface area contributed by atoms with E-state index in [0.29, 0.717) is 17.4 Å². The highest BCUT2D eigenvalue weighted by Crippen LogP contribution is 2.35. The quantitative estimate of drug-likeness (QED) is 0.281. The molecule has 1 amide bonds. The number of fused-ring (bicyclic) bond motifs is 1. The summed E-state index contributed by atoms with van der Waals surface area (Å²) in [6, 6.07) is 6.02. The Bertz CT molecular complexity index is 1420. The molecule has 1 fully saturated rings. The number of hydrogen-bond acceptors (Lipinski definition) is 10. The molecule has 0 unspecified atom stereocenters. The van der Waals surface area contributed by atoms with Gasteiger partial charge in [0, 0.05) is 19.9 Å². The number of amides is 1. The van der Waals surface area contributed by atoms with Crippen molar-refractivity contribution in [1.82, 2.24) is 19.4 Å². The van der Waals surface area contributed by atoms with Gasteiger partial charge in [-0.05, 0) is 63.4 Å². The van der Waals surface area contributed by atoms with Gasteiger partial charge >= 0.3 is 0 Å². The first-order chi connectivity index (χ1) is 18.5. The van der Waals surface area contributed by atoms with Crippen LogP contribution in [0.25, 0.3) is 11.0 Å². The molecule has 0 spiro atoms. The smallest absolute Gasteiger partial charge is 0.256 e. The van der Waals surface area contributed by atoms with Crippen LogP contribution in [0.1, 0.15) is 48.5 Å². The van der Waals surface area contributed by atoms with Crippen LogP contribution in [0.5, 0.6) is 5.75 Å². The lowest BCUT2D eigenvalue weighted by atomic mass is 9.89. The van der Waals surface area contributed by atoms with Crippen LogP contribution in [0.15, 0.2) is 29.2 Å². The van der Waals surface area contributed by atoms with Crippen LogP contribution >= 0.6 is 12.4 Å². The van der Waals surface area contributed by atoms with Gasteiger partial charge in [0.05, 0.1) is 36.9 Å². The predicted molar refractivity (Wildman–Crippen MR) is 157 cm³/mol. The molecular weight excluding hydrogens is 538 g/mol. The average Bonchev–Trinajstić information content (AvgIpc) is 2.89. The second kappa shape index (κ2) is 12.8. The van der Waals surface area contributed by atoms with Gasteiger partial charge in [0.2, 0.25) is 11.4 Å². The van der Waals surface area contributed by atoms with Crippen molar-refractivity contribution in [3.05, 3.63) is 45.7 Å². The number of hydrogen-bond donors (Lipinski definition) is 4. The summed E-state index contributed by atoms with van der Waals surface area (Å²) in [6.07, 6.45) is 3.43. The molecule has 0 atom stereocenters. The molecular formula is C27H38ClN7O5. The summed E-state index contributed by atoms with van der Waals surface area (Å²) in [5, 5.41) is 13.7. The first-order valence-electron chi connectivity index (χ1n) is 12.9. The highest BCUT2D eigenvalue weighted by molar-refractivity contribution is 6.00. The first-order valence-corrected chi connectivity index (χ1v) is 12.9. The standard InChI is InChI=1S/C27H37N7O5.ClH/c1-27(2,37)15-34-23(28)21(24(29)36)22(35)18-14-30-26(32-25(18)34)31-19-6-5-17(13-20(19)39-4)16-7-9-33(10-8-16)11-12-38-3;/h5-6,13-14,16,37H,7-12,15,28H2,1-4H3,(H2,29,36)(H,30,31,32);1H. The maximum absolute atomic E-state index is 13.0. The normalized spacial score (nSPS) is 14.6. The fourth-order valence-corrected chi connectivity index (χ4v) is 4.98. The number of likely N-dealkylation sites (tertiary alicyclic amines) is 1. The van der Waals surface area contributed by atoms with Gasteiger partial charge in [0.1, 0.15) is 17.1 Å². The molecule has 0 radical (unpaired) electrons. The third-order valence-corrected chi connectivity index (χ3v) is 6.98. The van der Waals surface area contributed by atoms with E-state index in [0.717, 1.165) is 39.1 Å². The van der Waals surface area contributed by atoms with Crippen molar-refractivity contribution >= 4 is 46.8 Å². The van der Waals surface area contributed by atoms with Crippen molar-refractivity contribution in [1.29, 1.82) is 0 Å². The number of rotatable bonds is 10. The Morgan fingerprint density at radius 3 is 2.55 bits per heavy atom. The number of nitrogen functional groups attached to an aromatic ring is 1. The number of nitrogens with two attached hydrogens (primary N) is 2. The summed E-state index contributed by atoms with van der Waals surface area (Å²) >= 11 is 0. The van der Waals surface area contributed by atoms with Gasteiger partial charge in [0.25, 0.3) is 5.91 Å². The van der Waals surface area contributed by atoms with Crippen LogP contribution in [0, 0.1) is 0 Å². The fraction of sp³-hybridized carbons (Fsp3) is 0.481. The van der Waals surface area contributed by atoms with Gasteiger partial charge < -0.3 is 40.8 Å². The van der Waals surface area contributed by atoms with Crippen LogP contribution in [-0.2, 0) is 11.3 Å². The summed E-state index contributed by atoms with van der Waals surface area (Å²) in [6.45, 7) is 6.85. The summed E-state index contributed by atoms with van der Waals surface area (Å²) in [7, 11) is 3.33. The number of benzene rings is 1. The van der Waals surface area contributed by atoms with Gasteiger partial charge in [-0.15, -0.1) is 12.4 Å². The zero-order valence-corrected chi connectivity index (χ0v) is 24.1. The van der Waals surface area contributed by atoms with Crippen LogP contribution in [0.3, 0.4) is 0 Å². The second-order valence-corrected chi connectivity index (χ2v) is 10.5. The highest BCUT2D eigenvalue weighted by atomic mass is 35.5. The van der Waals surface area contributed by atoms with Crippen molar-refractivity contribution in [3.63, 3.8) is 0 Å². The number of halogens is 1. The van der Waals surface area contributed by atoms with Crippen molar-refractivity contribution in [2.45, 2.75) is 44.8 Å². The average molecular weight is 576 g/mol. The van der Waals surface area contributed by atoms with E-state index in [4.69, 9.17) is 20.9 Å². The van der Waals surface area contributed by atoms with Gasteiger partial charge in [-0.3, -0.25) is 9.59 Å². The SMILES string of the molecule is COCCN1CCC(c2ccc(Nc3ncc4c(=O)c(C(N)=O)c(N)n(CC(C)(C)O)c4n3)c(OC)c2)CC1.Cl. The minimum Gasteiger partial charge on any atom is -0.495 e. The third kappa shape index (κ3) is 6.81. The zero-order valence-electron chi connectivity index (χ0n) is 23.3. The van der Waals surface area contributed by atoms with Gasteiger partial charge in [-0.2, -0.15) is 4.98 Å². The fourth-order valence-electron chi connectivity index (χ4n) is 4.98. The molecule has 0 aliphatic carbocycles. The van der Waals surface area contributed by atoms with E-state index >= 15 is 0 Å². The summed E-state index contributed by atoms with van der Waals surface area (Å²) in [4.78, 5) is 36.2. The van der Waals surface area contributed by atoms with Crippen LogP contribution in [0.2, 0.25) is 0 Å². The molecule has 218 valence electrons. The Hall–Kier alpha value is -3.45. The van der Waals surface area contributed by atoms with Gasteiger partial charge in [-0.1, -0.05) is 6.07 Å². The third-order valence-electron chi connectivity index (χ3n) is 6.98. The molecule has 13 heteroatoms. The molecule has 4 rings (SSSR count). The monoisotopic (exact) mass is 575 g/mol. The molecule has 6 N–H and O–H groups in total. The van der Waals surface area contributed by atoms with Crippen LogP contribution in [0.4, 0.5) is 17.5 Å². The van der Waals surface area contributed by atoms with Gasteiger partial charge in [-0.25, -0.2) is 4.98 Å². The maximum Gasteiger partial charge on any atom is 0.256 e. The molecule has 2 aromatic heterocycles. The summed E-state index contributed by atoms with van der Waals surface area (Å²) in [5.74, 6) is 0.131. The number of pyridine rings is 1. The number of nitrogens with one attached hydrogen (secondary N) is 1. The van der Waals surface area contributed by atoms with Crippen molar-refractivity contribution < 1.29 is 19.4 Å². The minimum atomic E-state index is -1.22. The Kier molecular flexibility index (Phi) is 9.96. The molecule has 1 saturated heterocycles. The molecule has 3 heterocycles. The Balaban J connectivity index is 0.00000441. The van der Waals surface area contributed by atoms with E-state index in [9.17, 15) is 14.7 Å². The first kappa shape index (κ1) is 31.1. The number of piperidine rings is 1. The maximum atomic E-state index is 13.0. The van der Waals surface area contributed by atoms with E-state index < -0.39 is 16.9 Å². The molecule has 3 aromatic rings. The van der Waals surface area contributed by atoms with Crippen molar-refractivity contribution in [2.24, 2.45) is 5.73 Å². The number of ether oxygens (including phenoxy) is 2. The lowest BCUT2D eigenvalue weighted by Crippen LogP contribution is -2.35. The lowest BCUT2D eigenvalue weighted by Gasteiger charge is -2.32. The highest BCUT2D eigenvalue weighted by Gasteiger charge is 2.25. The number of carbonyl (C=O) groups excluding carboxylic acids is 1. The molecule has 1 aliphatic heterocycles. The number of methoxy groups -OCH3 is 2. The number of aliphatic hydroxyl groups is 1. The van der Waals surface area contributed by atoms with Crippen molar-refractivity contribution in [3.8, 4) is 5.75 Å². The summed E-state index contributed by atoms with van der Waals surface area (Å²) in [5.41, 5.74) is 11.4. The Morgan fingerprint density at radius 1 is 1.25 bits per heavy atom. The molecule has 0 bridgehead atoms. The molecule has 1 aliphatic rings.